The van der Waals surface area contributed by atoms with Crippen molar-refractivity contribution < 1.29 is 18.7 Å². The van der Waals surface area contributed by atoms with Crippen molar-refractivity contribution in [2.75, 3.05) is 19.9 Å². The van der Waals surface area contributed by atoms with E-state index >= 15 is 0 Å². The molecule has 0 atom stereocenters. The molecule has 0 aliphatic rings. The van der Waals surface area contributed by atoms with Gasteiger partial charge >= 0.3 is 5.97 Å². The van der Waals surface area contributed by atoms with Crippen LogP contribution in [0.4, 0.5) is 4.39 Å². The third-order valence-corrected chi connectivity index (χ3v) is 4.39. The van der Waals surface area contributed by atoms with Crippen LogP contribution in [0.2, 0.25) is 0 Å². The molecule has 136 valence electrons. The maximum absolute atomic E-state index is 13.4. The Morgan fingerprint density at radius 2 is 1.85 bits per heavy atom. The van der Waals surface area contributed by atoms with E-state index in [2.05, 4.69) is 0 Å². The molecule has 0 radical (unpaired) electrons. The van der Waals surface area contributed by atoms with Crippen molar-refractivity contribution in [3.8, 4) is 0 Å². The molecule has 0 N–H and O–H groups in total. The van der Waals surface area contributed by atoms with Gasteiger partial charge in [-0.05, 0) is 36.1 Å². The van der Waals surface area contributed by atoms with E-state index in [1.54, 1.807) is 37.0 Å². The van der Waals surface area contributed by atoms with Gasteiger partial charge in [0.25, 0.3) is 5.91 Å². The number of amides is 1. The number of benzene rings is 2. The molecule has 0 aromatic heterocycles. The molecule has 0 aliphatic carbocycles. The summed E-state index contributed by atoms with van der Waals surface area (Å²) in [6.45, 7) is 0.0654. The number of nitrogens with zero attached hydrogens (tertiary/aromatic N) is 1. The van der Waals surface area contributed by atoms with Crippen molar-refractivity contribution in [3.05, 3.63) is 71.6 Å². The molecule has 0 fully saturated rings. The Balaban J connectivity index is 1.81. The summed E-state index contributed by atoms with van der Waals surface area (Å²) in [4.78, 5) is 26.4. The van der Waals surface area contributed by atoms with Gasteiger partial charge in [0.2, 0.25) is 0 Å². The normalized spacial score (nSPS) is 10.7. The second kappa shape index (κ2) is 9.77. The van der Waals surface area contributed by atoms with Crippen LogP contribution in [0.15, 0.2) is 59.5 Å². The molecule has 0 saturated heterocycles. The fraction of sp³-hybridized carbons (Fsp3) is 0.200. The number of carbonyl (C=O) groups excluding carboxylic acids is 2. The molecule has 2 rings (SSSR count). The topological polar surface area (TPSA) is 46.6 Å². The van der Waals surface area contributed by atoms with Crippen LogP contribution in [0, 0.1) is 5.82 Å². The van der Waals surface area contributed by atoms with Gasteiger partial charge in [0.15, 0.2) is 6.61 Å². The van der Waals surface area contributed by atoms with Crippen LogP contribution in [0.1, 0.15) is 11.1 Å². The average molecular weight is 373 g/mol. The summed E-state index contributed by atoms with van der Waals surface area (Å²) in [6.07, 6.45) is 4.42. The zero-order valence-corrected chi connectivity index (χ0v) is 15.5. The molecule has 0 heterocycles. The standard InChI is InChI=1S/C20H20FNO3S/c1-22(13-15-7-10-17(26-2)11-8-15)19(23)14-25-20(24)12-9-16-5-3-4-6-18(16)21/h3-12H,13-14H2,1-2H3/b12-9+. The average Bonchev–Trinajstić information content (AvgIpc) is 2.66. The molecule has 26 heavy (non-hydrogen) atoms. The van der Waals surface area contributed by atoms with Gasteiger partial charge in [0, 0.05) is 30.1 Å². The van der Waals surface area contributed by atoms with E-state index in [1.807, 2.05) is 30.5 Å². The fourth-order valence-electron chi connectivity index (χ4n) is 2.15. The highest BCUT2D eigenvalue weighted by atomic mass is 32.2. The van der Waals surface area contributed by atoms with E-state index in [1.165, 1.54) is 17.0 Å². The van der Waals surface area contributed by atoms with Crippen molar-refractivity contribution in [2.24, 2.45) is 0 Å². The summed E-state index contributed by atoms with van der Waals surface area (Å²) in [5, 5.41) is 0. The van der Waals surface area contributed by atoms with Crippen molar-refractivity contribution in [2.45, 2.75) is 11.4 Å². The lowest BCUT2D eigenvalue weighted by molar-refractivity contribution is -0.147. The molecule has 0 saturated carbocycles. The van der Waals surface area contributed by atoms with Crippen LogP contribution in [-0.2, 0) is 20.9 Å². The molecular weight excluding hydrogens is 353 g/mol. The van der Waals surface area contributed by atoms with Gasteiger partial charge in [-0.25, -0.2) is 9.18 Å². The number of ether oxygens (including phenoxy) is 1. The number of hydrogen-bond acceptors (Lipinski definition) is 4. The molecule has 6 heteroatoms. The molecular formula is C20H20FNO3S. The Bertz CT molecular complexity index is 790. The van der Waals surface area contributed by atoms with Gasteiger partial charge in [-0.15, -0.1) is 11.8 Å². The summed E-state index contributed by atoms with van der Waals surface area (Å²) in [7, 11) is 1.65. The molecule has 0 aliphatic heterocycles. The molecule has 0 unspecified atom stereocenters. The van der Waals surface area contributed by atoms with Crippen LogP contribution in [0.3, 0.4) is 0 Å². The molecule has 0 spiro atoms. The number of likely N-dealkylation sites (N-methyl/N-ethyl adjacent to an activating group) is 1. The van der Waals surface area contributed by atoms with E-state index in [-0.39, 0.29) is 18.1 Å². The summed E-state index contributed by atoms with van der Waals surface area (Å²) < 4.78 is 18.4. The van der Waals surface area contributed by atoms with E-state index in [9.17, 15) is 14.0 Å². The van der Waals surface area contributed by atoms with Crippen molar-refractivity contribution >= 4 is 29.7 Å². The number of hydrogen-bond donors (Lipinski definition) is 0. The number of esters is 1. The zero-order valence-electron chi connectivity index (χ0n) is 14.6. The lowest BCUT2D eigenvalue weighted by Gasteiger charge is -2.17. The Kier molecular flexibility index (Phi) is 7.41. The minimum Gasteiger partial charge on any atom is -0.452 e. The van der Waals surface area contributed by atoms with Crippen LogP contribution in [-0.4, -0.2) is 36.7 Å². The number of rotatable bonds is 7. The van der Waals surface area contributed by atoms with Gasteiger partial charge < -0.3 is 9.64 Å². The Morgan fingerprint density at radius 3 is 2.50 bits per heavy atom. The molecule has 2 aromatic rings. The molecule has 2 aromatic carbocycles. The van der Waals surface area contributed by atoms with Crippen LogP contribution >= 0.6 is 11.8 Å². The fourth-order valence-corrected chi connectivity index (χ4v) is 2.56. The summed E-state index contributed by atoms with van der Waals surface area (Å²) in [6, 6.07) is 14.0. The van der Waals surface area contributed by atoms with Gasteiger partial charge in [-0.2, -0.15) is 0 Å². The first-order chi connectivity index (χ1) is 12.5. The second-order valence-corrected chi connectivity index (χ2v) is 6.44. The molecule has 0 bridgehead atoms. The number of thioether (sulfide) groups is 1. The third kappa shape index (κ3) is 6.04. The Morgan fingerprint density at radius 1 is 1.15 bits per heavy atom. The SMILES string of the molecule is CSc1ccc(CN(C)C(=O)COC(=O)/C=C/c2ccccc2F)cc1. The first-order valence-corrected chi connectivity index (χ1v) is 9.18. The summed E-state index contributed by atoms with van der Waals surface area (Å²) in [5.41, 5.74) is 1.27. The largest absolute Gasteiger partial charge is 0.452 e. The van der Waals surface area contributed by atoms with Crippen LogP contribution in [0.5, 0.6) is 0 Å². The molecule has 1 amide bonds. The summed E-state index contributed by atoms with van der Waals surface area (Å²) in [5.74, 6) is -1.44. The van der Waals surface area contributed by atoms with Crippen LogP contribution in [0.25, 0.3) is 6.08 Å². The first kappa shape index (κ1) is 19.7. The lowest BCUT2D eigenvalue weighted by atomic mass is 10.2. The van der Waals surface area contributed by atoms with Gasteiger partial charge in [-0.3, -0.25) is 4.79 Å². The Hall–Kier alpha value is -2.60. The van der Waals surface area contributed by atoms with Gasteiger partial charge in [0.05, 0.1) is 0 Å². The third-order valence-electron chi connectivity index (χ3n) is 3.65. The highest BCUT2D eigenvalue weighted by Crippen LogP contribution is 2.15. The minimum absolute atomic E-state index is 0.279. The van der Waals surface area contributed by atoms with E-state index in [0.29, 0.717) is 6.54 Å². The van der Waals surface area contributed by atoms with Crippen LogP contribution < -0.4 is 0 Å². The quantitative estimate of drug-likeness (QED) is 0.421. The zero-order chi connectivity index (χ0) is 18.9. The van der Waals surface area contributed by atoms with E-state index < -0.39 is 11.8 Å². The number of carbonyl (C=O) groups is 2. The van der Waals surface area contributed by atoms with E-state index in [4.69, 9.17) is 4.74 Å². The monoisotopic (exact) mass is 373 g/mol. The predicted octanol–water partition coefficient (Wildman–Crippen LogP) is 3.76. The minimum atomic E-state index is -0.695. The van der Waals surface area contributed by atoms with Crippen molar-refractivity contribution in [3.63, 3.8) is 0 Å². The Labute approximate surface area is 156 Å². The molecule has 4 nitrogen and oxygen atoms in total. The van der Waals surface area contributed by atoms with Crippen molar-refractivity contribution in [1.82, 2.24) is 4.90 Å². The maximum Gasteiger partial charge on any atom is 0.331 e. The first-order valence-electron chi connectivity index (χ1n) is 7.96. The van der Waals surface area contributed by atoms with Gasteiger partial charge in [-0.1, -0.05) is 30.3 Å². The summed E-state index contributed by atoms with van der Waals surface area (Å²) >= 11 is 1.65. The smallest absolute Gasteiger partial charge is 0.331 e. The van der Waals surface area contributed by atoms with E-state index in [0.717, 1.165) is 16.5 Å². The predicted molar refractivity (Wildman–Crippen MR) is 101 cm³/mol. The lowest BCUT2D eigenvalue weighted by Crippen LogP contribution is -2.30. The maximum atomic E-state index is 13.4. The highest BCUT2D eigenvalue weighted by molar-refractivity contribution is 7.98. The second-order valence-electron chi connectivity index (χ2n) is 5.56. The highest BCUT2D eigenvalue weighted by Gasteiger charge is 2.11. The number of halogens is 1. The van der Waals surface area contributed by atoms with Gasteiger partial charge in [0.1, 0.15) is 5.82 Å². The van der Waals surface area contributed by atoms with Crippen molar-refractivity contribution in [1.29, 1.82) is 0 Å².